The van der Waals surface area contributed by atoms with E-state index in [0.717, 1.165) is 13.1 Å². The van der Waals surface area contributed by atoms with Crippen LogP contribution in [0.4, 0.5) is 0 Å². The second-order valence-corrected chi connectivity index (χ2v) is 6.10. The maximum absolute atomic E-state index is 5.97. The Morgan fingerprint density at radius 3 is 2.95 bits per heavy atom. The largest absolute Gasteiger partial charge is 0.373 e. The number of hydrogen-bond acceptors (Lipinski definition) is 3. The number of fused-ring (bicyclic) bond motifs is 3. The van der Waals surface area contributed by atoms with Crippen molar-refractivity contribution >= 4 is 0 Å². The van der Waals surface area contributed by atoms with Gasteiger partial charge in [0, 0.05) is 18.6 Å². The van der Waals surface area contributed by atoms with Crippen molar-refractivity contribution in [3.8, 4) is 0 Å². The van der Waals surface area contributed by atoms with Gasteiger partial charge in [-0.2, -0.15) is 0 Å². The highest BCUT2D eigenvalue weighted by Crippen LogP contribution is 2.36. The Labute approximate surface area is 114 Å². The van der Waals surface area contributed by atoms with Crippen molar-refractivity contribution in [3.05, 3.63) is 35.4 Å². The zero-order chi connectivity index (χ0) is 12.7. The first-order valence-corrected chi connectivity index (χ1v) is 7.60. The van der Waals surface area contributed by atoms with Crippen LogP contribution >= 0.6 is 0 Å². The number of benzene rings is 1. The SMILES string of the molecule is c1ccc2c(c1)CNCCC2NC1CC2CCC1O2. The monoisotopic (exact) mass is 258 g/mol. The van der Waals surface area contributed by atoms with Gasteiger partial charge in [-0.3, -0.25) is 0 Å². The highest BCUT2D eigenvalue weighted by molar-refractivity contribution is 5.31. The quantitative estimate of drug-likeness (QED) is 0.852. The van der Waals surface area contributed by atoms with E-state index in [1.807, 2.05) is 0 Å². The summed E-state index contributed by atoms with van der Waals surface area (Å²) in [6, 6.07) is 9.89. The fourth-order valence-corrected chi connectivity index (χ4v) is 3.90. The third kappa shape index (κ3) is 2.20. The summed E-state index contributed by atoms with van der Waals surface area (Å²) in [6.07, 6.45) is 5.89. The van der Waals surface area contributed by atoms with Gasteiger partial charge < -0.3 is 15.4 Å². The van der Waals surface area contributed by atoms with E-state index >= 15 is 0 Å². The lowest BCUT2D eigenvalue weighted by molar-refractivity contribution is 0.0958. The van der Waals surface area contributed by atoms with Gasteiger partial charge >= 0.3 is 0 Å². The first-order valence-electron chi connectivity index (χ1n) is 7.60. The lowest BCUT2D eigenvalue weighted by Gasteiger charge is -2.27. The minimum absolute atomic E-state index is 0.466. The second-order valence-electron chi connectivity index (χ2n) is 6.10. The van der Waals surface area contributed by atoms with E-state index in [1.165, 1.54) is 36.8 Å². The maximum atomic E-state index is 5.97. The van der Waals surface area contributed by atoms with Crippen molar-refractivity contribution < 1.29 is 4.74 Å². The van der Waals surface area contributed by atoms with Crippen LogP contribution in [-0.2, 0) is 11.3 Å². The molecule has 0 amide bonds. The molecule has 0 aromatic heterocycles. The van der Waals surface area contributed by atoms with Crippen LogP contribution in [0.25, 0.3) is 0 Å². The third-order valence-electron chi connectivity index (χ3n) is 4.88. The molecule has 3 heterocycles. The Morgan fingerprint density at radius 1 is 1.16 bits per heavy atom. The van der Waals surface area contributed by atoms with E-state index in [-0.39, 0.29) is 0 Å². The predicted molar refractivity (Wildman–Crippen MR) is 74.9 cm³/mol. The Morgan fingerprint density at radius 2 is 2.11 bits per heavy atom. The topological polar surface area (TPSA) is 33.3 Å². The number of nitrogens with one attached hydrogen (secondary N) is 2. The number of ether oxygens (including phenoxy) is 1. The number of rotatable bonds is 2. The third-order valence-corrected chi connectivity index (χ3v) is 4.88. The average Bonchev–Trinajstić information content (AvgIpc) is 2.99. The van der Waals surface area contributed by atoms with Crippen LogP contribution in [-0.4, -0.2) is 24.8 Å². The maximum Gasteiger partial charge on any atom is 0.0733 e. The molecule has 2 saturated heterocycles. The van der Waals surface area contributed by atoms with Gasteiger partial charge in [0.1, 0.15) is 0 Å². The lowest BCUT2D eigenvalue weighted by atomic mass is 9.92. The van der Waals surface area contributed by atoms with Crippen LogP contribution in [0.5, 0.6) is 0 Å². The Bertz CT molecular complexity index is 462. The van der Waals surface area contributed by atoms with Gasteiger partial charge in [0.05, 0.1) is 12.2 Å². The molecule has 3 aliphatic heterocycles. The summed E-state index contributed by atoms with van der Waals surface area (Å²) in [7, 11) is 0. The molecule has 2 N–H and O–H groups in total. The fraction of sp³-hybridized carbons (Fsp3) is 0.625. The molecule has 102 valence electrons. The normalized spacial score (nSPS) is 37.1. The van der Waals surface area contributed by atoms with Gasteiger partial charge in [-0.25, -0.2) is 0 Å². The molecule has 1 aromatic rings. The minimum Gasteiger partial charge on any atom is -0.373 e. The van der Waals surface area contributed by atoms with E-state index in [9.17, 15) is 0 Å². The van der Waals surface area contributed by atoms with Crippen LogP contribution in [0.15, 0.2) is 24.3 Å². The van der Waals surface area contributed by atoms with Crippen molar-refractivity contribution in [2.45, 2.75) is 56.5 Å². The van der Waals surface area contributed by atoms with E-state index in [1.54, 1.807) is 0 Å². The van der Waals surface area contributed by atoms with E-state index < -0.39 is 0 Å². The van der Waals surface area contributed by atoms with Gasteiger partial charge in [0.25, 0.3) is 0 Å². The van der Waals surface area contributed by atoms with Crippen LogP contribution in [0.3, 0.4) is 0 Å². The van der Waals surface area contributed by atoms with Crippen LogP contribution in [0, 0.1) is 0 Å². The molecular formula is C16H22N2O. The zero-order valence-electron chi connectivity index (χ0n) is 11.3. The summed E-state index contributed by atoms with van der Waals surface area (Å²) < 4.78 is 5.97. The summed E-state index contributed by atoms with van der Waals surface area (Å²) in [5, 5.41) is 7.40. The van der Waals surface area contributed by atoms with Crippen LogP contribution in [0.1, 0.15) is 42.9 Å². The molecule has 0 aliphatic carbocycles. The summed E-state index contributed by atoms with van der Waals surface area (Å²) >= 11 is 0. The molecule has 1 aromatic carbocycles. The molecule has 4 unspecified atom stereocenters. The van der Waals surface area contributed by atoms with Gasteiger partial charge in [0.2, 0.25) is 0 Å². The summed E-state index contributed by atoms with van der Waals surface area (Å²) in [5.74, 6) is 0. The Hall–Kier alpha value is -0.900. The van der Waals surface area contributed by atoms with E-state index in [2.05, 4.69) is 34.9 Å². The Kier molecular flexibility index (Phi) is 3.06. The highest BCUT2D eigenvalue weighted by Gasteiger charge is 2.41. The van der Waals surface area contributed by atoms with Crippen molar-refractivity contribution in [1.29, 1.82) is 0 Å². The smallest absolute Gasteiger partial charge is 0.0733 e. The van der Waals surface area contributed by atoms with Gasteiger partial charge in [-0.05, 0) is 43.4 Å². The van der Waals surface area contributed by atoms with Crippen LogP contribution in [0.2, 0.25) is 0 Å². The van der Waals surface area contributed by atoms with Gasteiger partial charge in [-0.15, -0.1) is 0 Å². The second kappa shape index (κ2) is 4.89. The summed E-state index contributed by atoms with van der Waals surface area (Å²) in [4.78, 5) is 0. The standard InChI is InChI=1S/C16H22N2O/c1-2-4-13-11(3-1)10-17-8-7-14(13)18-15-9-12-5-6-16(15)19-12/h1-4,12,14-18H,5-10H2. The minimum atomic E-state index is 0.466. The molecule has 3 aliphatic rings. The highest BCUT2D eigenvalue weighted by atomic mass is 16.5. The molecule has 2 bridgehead atoms. The molecular weight excluding hydrogens is 236 g/mol. The first-order chi connectivity index (χ1) is 9.40. The lowest BCUT2D eigenvalue weighted by Crippen LogP contribution is -2.40. The molecule has 4 rings (SSSR count). The molecule has 4 atom stereocenters. The first kappa shape index (κ1) is 11.9. The molecule has 2 fully saturated rings. The molecule has 0 spiro atoms. The molecule has 3 heteroatoms. The summed E-state index contributed by atoms with van der Waals surface area (Å²) in [5.41, 5.74) is 2.93. The van der Waals surface area contributed by atoms with Crippen molar-refractivity contribution in [2.75, 3.05) is 6.54 Å². The predicted octanol–water partition coefficient (Wildman–Crippen LogP) is 2.13. The summed E-state index contributed by atoms with van der Waals surface area (Å²) in [6.45, 7) is 2.09. The Balaban J connectivity index is 1.54. The molecule has 19 heavy (non-hydrogen) atoms. The van der Waals surface area contributed by atoms with Crippen molar-refractivity contribution in [2.24, 2.45) is 0 Å². The van der Waals surface area contributed by atoms with Gasteiger partial charge in [0.15, 0.2) is 0 Å². The zero-order valence-corrected chi connectivity index (χ0v) is 11.3. The molecule has 0 radical (unpaired) electrons. The fourth-order valence-electron chi connectivity index (χ4n) is 3.90. The van der Waals surface area contributed by atoms with Crippen molar-refractivity contribution in [3.63, 3.8) is 0 Å². The molecule has 0 saturated carbocycles. The number of hydrogen-bond donors (Lipinski definition) is 2. The molecule has 3 nitrogen and oxygen atoms in total. The van der Waals surface area contributed by atoms with Gasteiger partial charge in [-0.1, -0.05) is 24.3 Å². The van der Waals surface area contributed by atoms with Crippen LogP contribution < -0.4 is 10.6 Å². The van der Waals surface area contributed by atoms with E-state index in [4.69, 9.17) is 4.74 Å². The average molecular weight is 258 g/mol. The van der Waals surface area contributed by atoms with Crippen molar-refractivity contribution in [1.82, 2.24) is 10.6 Å². The van der Waals surface area contributed by atoms with E-state index in [0.29, 0.717) is 24.3 Å².